The van der Waals surface area contributed by atoms with Crippen LogP contribution in [0.2, 0.25) is 0 Å². The Hall–Kier alpha value is -3.21. The quantitative estimate of drug-likeness (QED) is 0.286. The van der Waals surface area contributed by atoms with E-state index in [1.54, 1.807) is 12.1 Å². The lowest BCUT2D eigenvalue weighted by atomic mass is 9.75. The number of benzene rings is 3. The zero-order chi connectivity index (χ0) is 26.8. The molecule has 3 aliphatic rings. The summed E-state index contributed by atoms with van der Waals surface area (Å²) in [6.45, 7) is 0. The standard InChI is InChI=1S/C34H36F2O3/c35-34(36,30-18-14-27(15-19-30)26-10-12-29(13-11-26)32-22-33(37)38-32)39-31-20-16-28(17-21-31)25-8-6-24(7-9-25)23-4-2-1-3-5-23/h1-5,14-21,24-26,29,32H,6-13,22H2. The molecule has 1 heterocycles. The van der Waals surface area contributed by atoms with Gasteiger partial charge >= 0.3 is 12.1 Å². The molecule has 0 radical (unpaired) electrons. The van der Waals surface area contributed by atoms with E-state index < -0.39 is 6.11 Å². The molecular weight excluding hydrogens is 494 g/mol. The van der Waals surface area contributed by atoms with E-state index in [2.05, 4.69) is 30.3 Å². The van der Waals surface area contributed by atoms with Crippen molar-refractivity contribution in [3.63, 3.8) is 0 Å². The highest BCUT2D eigenvalue weighted by Gasteiger charge is 2.38. The maximum atomic E-state index is 15.0. The van der Waals surface area contributed by atoms with Crippen LogP contribution in [0, 0.1) is 5.92 Å². The van der Waals surface area contributed by atoms with Crippen LogP contribution in [0.15, 0.2) is 78.9 Å². The fourth-order valence-electron chi connectivity index (χ4n) is 6.86. The summed E-state index contributed by atoms with van der Waals surface area (Å²) in [5, 5.41) is 0. The van der Waals surface area contributed by atoms with Crippen molar-refractivity contribution >= 4 is 5.97 Å². The normalized spacial score (nSPS) is 27.3. The minimum absolute atomic E-state index is 0.0837. The van der Waals surface area contributed by atoms with Gasteiger partial charge < -0.3 is 9.47 Å². The molecule has 5 heteroatoms. The third kappa shape index (κ3) is 5.88. The number of halogens is 2. The Morgan fingerprint density at radius 3 is 1.62 bits per heavy atom. The van der Waals surface area contributed by atoms with Crippen molar-refractivity contribution in [3.8, 4) is 5.75 Å². The first-order chi connectivity index (χ1) is 18.9. The third-order valence-electron chi connectivity index (χ3n) is 9.26. The smallest absolute Gasteiger partial charge is 0.426 e. The van der Waals surface area contributed by atoms with Crippen molar-refractivity contribution < 1.29 is 23.0 Å². The predicted molar refractivity (Wildman–Crippen MR) is 147 cm³/mol. The lowest BCUT2D eigenvalue weighted by Crippen LogP contribution is -2.40. The van der Waals surface area contributed by atoms with Crippen LogP contribution < -0.4 is 4.74 Å². The summed E-state index contributed by atoms with van der Waals surface area (Å²) < 4.78 is 40.5. The molecule has 1 aliphatic heterocycles. The van der Waals surface area contributed by atoms with Crippen LogP contribution in [-0.2, 0) is 15.6 Å². The largest absolute Gasteiger partial charge is 0.461 e. The molecule has 3 nitrogen and oxygen atoms in total. The summed E-state index contributed by atoms with van der Waals surface area (Å²) in [5.41, 5.74) is 3.57. The molecule has 0 spiro atoms. The van der Waals surface area contributed by atoms with E-state index >= 15 is 8.78 Å². The highest BCUT2D eigenvalue weighted by atomic mass is 19.3. The lowest BCUT2D eigenvalue weighted by molar-refractivity contribution is -0.185. The molecule has 0 bridgehead atoms. The highest BCUT2D eigenvalue weighted by molar-refractivity contribution is 5.75. The van der Waals surface area contributed by atoms with Gasteiger partial charge in [-0.25, -0.2) is 0 Å². The highest BCUT2D eigenvalue weighted by Crippen LogP contribution is 2.43. The van der Waals surface area contributed by atoms with Gasteiger partial charge in [-0.05, 0) is 116 Å². The van der Waals surface area contributed by atoms with E-state index in [4.69, 9.17) is 9.47 Å². The molecule has 6 rings (SSSR count). The molecule has 1 atom stereocenters. The molecule has 204 valence electrons. The average Bonchev–Trinajstić information content (AvgIpc) is 2.96. The summed E-state index contributed by atoms with van der Waals surface area (Å²) in [6, 6.07) is 24.6. The van der Waals surface area contributed by atoms with Crippen LogP contribution in [0.1, 0.15) is 97.8 Å². The molecule has 0 N–H and O–H groups in total. The SMILES string of the molecule is O=C1CC(C2CCC(c3ccc(C(F)(F)Oc4ccc(C5CCC(c6ccccc6)CC5)cc4)cc3)CC2)O1. The molecule has 3 aromatic rings. The Labute approximate surface area is 229 Å². The molecule has 2 aliphatic carbocycles. The number of hydrogen-bond donors (Lipinski definition) is 0. The second-order valence-electron chi connectivity index (χ2n) is 11.6. The molecule has 1 saturated heterocycles. The lowest BCUT2D eigenvalue weighted by Gasteiger charge is -2.37. The Morgan fingerprint density at radius 2 is 1.10 bits per heavy atom. The minimum Gasteiger partial charge on any atom is -0.461 e. The van der Waals surface area contributed by atoms with Crippen molar-refractivity contribution in [2.45, 2.75) is 87.8 Å². The summed E-state index contributed by atoms with van der Waals surface area (Å²) in [6.07, 6.45) is 5.74. The van der Waals surface area contributed by atoms with Gasteiger partial charge in [-0.2, -0.15) is 8.78 Å². The Balaban J connectivity index is 1.01. The molecule has 3 aromatic carbocycles. The van der Waals surface area contributed by atoms with Gasteiger partial charge in [0, 0.05) is 0 Å². The number of hydrogen-bond acceptors (Lipinski definition) is 3. The second kappa shape index (κ2) is 11.1. The van der Waals surface area contributed by atoms with Gasteiger partial charge in [0.05, 0.1) is 12.0 Å². The molecule has 2 saturated carbocycles. The summed E-state index contributed by atoms with van der Waals surface area (Å²) in [4.78, 5) is 11.1. The van der Waals surface area contributed by atoms with E-state index in [1.165, 1.54) is 23.3 Å². The second-order valence-corrected chi connectivity index (χ2v) is 11.6. The summed E-state index contributed by atoms with van der Waals surface area (Å²) >= 11 is 0. The minimum atomic E-state index is -3.40. The Bertz CT molecular complexity index is 1230. The van der Waals surface area contributed by atoms with Gasteiger partial charge in [-0.3, -0.25) is 4.79 Å². The van der Waals surface area contributed by atoms with Crippen molar-refractivity contribution in [3.05, 3.63) is 101 Å². The van der Waals surface area contributed by atoms with Gasteiger partial charge in [0.2, 0.25) is 0 Å². The van der Waals surface area contributed by atoms with E-state index in [1.807, 2.05) is 24.3 Å². The van der Waals surface area contributed by atoms with Crippen LogP contribution in [0.5, 0.6) is 5.75 Å². The zero-order valence-corrected chi connectivity index (χ0v) is 22.2. The summed E-state index contributed by atoms with van der Waals surface area (Å²) in [5.74, 6) is 1.95. The number of carbonyl (C=O) groups is 1. The van der Waals surface area contributed by atoms with Gasteiger partial charge in [-0.1, -0.05) is 54.6 Å². The number of cyclic esters (lactones) is 1. The zero-order valence-electron chi connectivity index (χ0n) is 22.2. The number of rotatable bonds is 7. The number of ether oxygens (including phenoxy) is 2. The van der Waals surface area contributed by atoms with Gasteiger partial charge in [0.15, 0.2) is 0 Å². The van der Waals surface area contributed by atoms with Crippen molar-refractivity contribution in [1.29, 1.82) is 0 Å². The topological polar surface area (TPSA) is 35.5 Å². The van der Waals surface area contributed by atoms with Gasteiger partial charge in [0.25, 0.3) is 0 Å². The maximum Gasteiger partial charge on any atom is 0.426 e. The van der Waals surface area contributed by atoms with E-state index in [-0.39, 0.29) is 23.4 Å². The van der Waals surface area contributed by atoms with Crippen LogP contribution in [0.3, 0.4) is 0 Å². The van der Waals surface area contributed by atoms with Crippen molar-refractivity contribution in [2.24, 2.45) is 5.92 Å². The van der Waals surface area contributed by atoms with E-state index in [0.29, 0.717) is 30.1 Å². The van der Waals surface area contributed by atoms with Crippen LogP contribution >= 0.6 is 0 Å². The molecule has 3 fully saturated rings. The third-order valence-corrected chi connectivity index (χ3v) is 9.26. The molecular formula is C34H36F2O3. The number of carbonyl (C=O) groups excluding carboxylic acids is 1. The number of esters is 1. The van der Waals surface area contributed by atoms with Gasteiger partial charge in [0.1, 0.15) is 11.9 Å². The molecule has 1 unspecified atom stereocenters. The Morgan fingerprint density at radius 1 is 0.641 bits per heavy atom. The fraction of sp³-hybridized carbons (Fsp3) is 0.441. The maximum absolute atomic E-state index is 15.0. The van der Waals surface area contributed by atoms with Crippen molar-refractivity contribution in [2.75, 3.05) is 0 Å². The summed E-state index contributed by atoms with van der Waals surface area (Å²) in [7, 11) is 0. The van der Waals surface area contributed by atoms with E-state index in [9.17, 15) is 4.79 Å². The number of alkyl halides is 2. The first-order valence-corrected chi connectivity index (χ1v) is 14.5. The van der Waals surface area contributed by atoms with Crippen LogP contribution in [0.4, 0.5) is 8.78 Å². The molecule has 39 heavy (non-hydrogen) atoms. The van der Waals surface area contributed by atoms with Gasteiger partial charge in [-0.15, -0.1) is 0 Å². The van der Waals surface area contributed by atoms with E-state index in [0.717, 1.165) is 56.9 Å². The van der Waals surface area contributed by atoms with Crippen molar-refractivity contribution in [1.82, 2.24) is 0 Å². The molecule has 0 amide bonds. The van der Waals surface area contributed by atoms with Crippen LogP contribution in [-0.4, -0.2) is 12.1 Å². The Kier molecular flexibility index (Phi) is 7.42. The fourth-order valence-corrected chi connectivity index (χ4v) is 6.86. The first-order valence-electron chi connectivity index (χ1n) is 14.5. The predicted octanol–water partition coefficient (Wildman–Crippen LogP) is 8.85. The average molecular weight is 531 g/mol. The molecule has 0 aromatic heterocycles. The monoisotopic (exact) mass is 530 g/mol. The van der Waals surface area contributed by atoms with Crippen LogP contribution in [0.25, 0.3) is 0 Å². The first kappa shape index (κ1) is 26.0.